The maximum Gasteiger partial charge on any atom is 0.116 e. The standard InChI is InChI=1S/C11H24O6/c1-2-3-4-9(10(16,5-12)6-13)11(17,7-14)8-15/h9,12-17H,2-8H2,1H3. The van der Waals surface area contributed by atoms with Crippen LogP contribution in [0.3, 0.4) is 0 Å². The van der Waals surface area contributed by atoms with Crippen molar-refractivity contribution < 1.29 is 30.6 Å². The van der Waals surface area contributed by atoms with Crippen molar-refractivity contribution in [1.29, 1.82) is 0 Å². The molecule has 0 aromatic heterocycles. The zero-order valence-corrected chi connectivity index (χ0v) is 10.2. The van der Waals surface area contributed by atoms with Gasteiger partial charge in [0.2, 0.25) is 0 Å². The Kier molecular flexibility index (Phi) is 7.15. The molecule has 0 rings (SSSR count). The van der Waals surface area contributed by atoms with E-state index in [1.54, 1.807) is 0 Å². The van der Waals surface area contributed by atoms with Gasteiger partial charge in [-0.1, -0.05) is 19.8 Å². The highest BCUT2D eigenvalue weighted by Crippen LogP contribution is 2.32. The molecule has 0 saturated carbocycles. The second-order valence-electron chi connectivity index (χ2n) is 4.53. The van der Waals surface area contributed by atoms with Crippen LogP contribution in [0.5, 0.6) is 0 Å². The summed E-state index contributed by atoms with van der Waals surface area (Å²) in [7, 11) is 0. The number of aliphatic hydroxyl groups excluding tert-OH is 4. The predicted molar refractivity (Wildman–Crippen MR) is 61.3 cm³/mol. The van der Waals surface area contributed by atoms with Crippen LogP contribution in [0.2, 0.25) is 0 Å². The largest absolute Gasteiger partial charge is 0.393 e. The zero-order chi connectivity index (χ0) is 13.5. The Morgan fingerprint density at radius 1 is 0.824 bits per heavy atom. The molecule has 0 spiro atoms. The Labute approximate surface area is 101 Å². The van der Waals surface area contributed by atoms with Crippen LogP contribution in [-0.2, 0) is 0 Å². The van der Waals surface area contributed by atoms with Gasteiger partial charge >= 0.3 is 0 Å². The minimum absolute atomic E-state index is 0.283. The molecule has 0 aliphatic rings. The van der Waals surface area contributed by atoms with Crippen LogP contribution in [0.4, 0.5) is 0 Å². The number of hydrogen-bond acceptors (Lipinski definition) is 6. The van der Waals surface area contributed by atoms with Gasteiger partial charge in [-0.3, -0.25) is 0 Å². The summed E-state index contributed by atoms with van der Waals surface area (Å²) in [6.07, 6.45) is 1.71. The van der Waals surface area contributed by atoms with E-state index in [1.807, 2.05) is 6.92 Å². The molecule has 0 aromatic carbocycles. The van der Waals surface area contributed by atoms with Crippen molar-refractivity contribution in [2.45, 2.75) is 37.4 Å². The average Bonchev–Trinajstić information content (AvgIpc) is 2.38. The molecule has 0 unspecified atom stereocenters. The summed E-state index contributed by atoms with van der Waals surface area (Å²) in [6.45, 7) is -1.09. The van der Waals surface area contributed by atoms with Crippen molar-refractivity contribution >= 4 is 0 Å². The molecular formula is C11H24O6. The third-order valence-corrected chi connectivity index (χ3v) is 3.24. The summed E-state index contributed by atoms with van der Waals surface area (Å²) >= 11 is 0. The van der Waals surface area contributed by atoms with Crippen molar-refractivity contribution in [1.82, 2.24) is 0 Å². The van der Waals surface area contributed by atoms with Gasteiger partial charge in [-0.2, -0.15) is 0 Å². The van der Waals surface area contributed by atoms with Crippen LogP contribution >= 0.6 is 0 Å². The highest BCUT2D eigenvalue weighted by atomic mass is 16.4. The van der Waals surface area contributed by atoms with Crippen LogP contribution in [-0.4, -0.2) is 68.3 Å². The van der Waals surface area contributed by atoms with Gasteiger partial charge in [0.05, 0.1) is 26.4 Å². The fourth-order valence-electron chi connectivity index (χ4n) is 1.99. The Bertz CT molecular complexity index is 182. The van der Waals surface area contributed by atoms with E-state index in [0.717, 1.165) is 6.42 Å². The van der Waals surface area contributed by atoms with Gasteiger partial charge in [-0.25, -0.2) is 0 Å². The Morgan fingerprint density at radius 2 is 1.18 bits per heavy atom. The Balaban J connectivity index is 5.09. The summed E-state index contributed by atoms with van der Waals surface area (Å²) in [5.74, 6) is -1.00. The summed E-state index contributed by atoms with van der Waals surface area (Å²) in [4.78, 5) is 0. The molecule has 0 radical (unpaired) electrons. The van der Waals surface area contributed by atoms with E-state index in [9.17, 15) is 10.2 Å². The van der Waals surface area contributed by atoms with Crippen LogP contribution in [0.1, 0.15) is 26.2 Å². The highest BCUT2D eigenvalue weighted by Gasteiger charge is 2.48. The van der Waals surface area contributed by atoms with E-state index in [0.29, 0.717) is 6.42 Å². The third-order valence-electron chi connectivity index (χ3n) is 3.24. The van der Waals surface area contributed by atoms with Gasteiger partial charge in [-0.05, 0) is 6.42 Å². The summed E-state index contributed by atoms with van der Waals surface area (Å²) in [5.41, 5.74) is -3.84. The minimum Gasteiger partial charge on any atom is -0.393 e. The molecule has 0 bridgehead atoms. The van der Waals surface area contributed by atoms with Gasteiger partial charge in [0.1, 0.15) is 11.2 Å². The molecule has 0 saturated heterocycles. The SMILES string of the molecule is CCCCC(C(O)(CO)CO)C(O)(CO)CO. The van der Waals surface area contributed by atoms with E-state index in [2.05, 4.69) is 0 Å². The molecule has 0 fully saturated rings. The minimum atomic E-state index is -1.92. The summed E-state index contributed by atoms with van der Waals surface area (Å²) in [6, 6.07) is 0. The molecule has 0 atom stereocenters. The van der Waals surface area contributed by atoms with Crippen LogP contribution < -0.4 is 0 Å². The lowest BCUT2D eigenvalue weighted by molar-refractivity contribution is -0.190. The topological polar surface area (TPSA) is 121 Å². The zero-order valence-electron chi connectivity index (χ0n) is 10.2. The third kappa shape index (κ3) is 3.87. The van der Waals surface area contributed by atoms with Gasteiger partial charge in [0.25, 0.3) is 0 Å². The van der Waals surface area contributed by atoms with Crippen molar-refractivity contribution in [3.05, 3.63) is 0 Å². The van der Waals surface area contributed by atoms with Gasteiger partial charge < -0.3 is 30.6 Å². The first-order valence-electron chi connectivity index (χ1n) is 5.82. The summed E-state index contributed by atoms with van der Waals surface area (Å²) < 4.78 is 0. The monoisotopic (exact) mass is 252 g/mol. The van der Waals surface area contributed by atoms with E-state index in [4.69, 9.17) is 20.4 Å². The van der Waals surface area contributed by atoms with Gasteiger partial charge in [0, 0.05) is 5.92 Å². The quantitative estimate of drug-likeness (QED) is 0.289. The molecule has 6 N–H and O–H groups in total. The summed E-state index contributed by atoms with van der Waals surface area (Å²) in [5, 5.41) is 56.6. The fraction of sp³-hybridized carbons (Fsp3) is 1.00. The van der Waals surface area contributed by atoms with E-state index in [-0.39, 0.29) is 6.42 Å². The van der Waals surface area contributed by atoms with E-state index in [1.165, 1.54) is 0 Å². The molecular weight excluding hydrogens is 228 g/mol. The first kappa shape index (κ1) is 16.8. The Morgan fingerprint density at radius 3 is 1.41 bits per heavy atom. The normalized spacial score (nSPS) is 13.4. The van der Waals surface area contributed by atoms with Crippen molar-refractivity contribution in [3.63, 3.8) is 0 Å². The average molecular weight is 252 g/mol. The molecule has 17 heavy (non-hydrogen) atoms. The van der Waals surface area contributed by atoms with Gasteiger partial charge in [-0.15, -0.1) is 0 Å². The van der Waals surface area contributed by atoms with Crippen LogP contribution in [0.15, 0.2) is 0 Å². The highest BCUT2D eigenvalue weighted by molar-refractivity contribution is 4.98. The predicted octanol–water partition coefficient (Wildman–Crippen LogP) is -1.78. The maximum atomic E-state index is 10.0. The van der Waals surface area contributed by atoms with E-state index < -0.39 is 43.5 Å². The second kappa shape index (κ2) is 7.25. The number of rotatable bonds is 9. The molecule has 104 valence electrons. The second-order valence-corrected chi connectivity index (χ2v) is 4.53. The Hall–Kier alpha value is -0.240. The van der Waals surface area contributed by atoms with Gasteiger partial charge in [0.15, 0.2) is 0 Å². The maximum absolute atomic E-state index is 10.0. The molecule has 0 aromatic rings. The van der Waals surface area contributed by atoms with Crippen LogP contribution in [0.25, 0.3) is 0 Å². The van der Waals surface area contributed by atoms with Crippen LogP contribution in [0, 0.1) is 5.92 Å². The smallest absolute Gasteiger partial charge is 0.116 e. The van der Waals surface area contributed by atoms with Crippen molar-refractivity contribution in [2.24, 2.45) is 5.92 Å². The van der Waals surface area contributed by atoms with Crippen molar-refractivity contribution in [3.8, 4) is 0 Å². The molecule has 0 aliphatic heterocycles. The molecule has 0 amide bonds. The first-order valence-corrected chi connectivity index (χ1v) is 5.82. The number of hydrogen-bond donors (Lipinski definition) is 6. The van der Waals surface area contributed by atoms with E-state index >= 15 is 0 Å². The molecule has 0 aliphatic carbocycles. The molecule has 6 nitrogen and oxygen atoms in total. The fourth-order valence-corrected chi connectivity index (χ4v) is 1.99. The first-order chi connectivity index (χ1) is 7.94. The molecule has 6 heteroatoms. The molecule has 0 heterocycles. The lowest BCUT2D eigenvalue weighted by Crippen LogP contribution is -2.59. The lowest BCUT2D eigenvalue weighted by Gasteiger charge is -2.42. The lowest BCUT2D eigenvalue weighted by atomic mass is 9.73. The number of unbranched alkanes of at least 4 members (excludes halogenated alkanes) is 1. The van der Waals surface area contributed by atoms with Crippen molar-refractivity contribution in [2.75, 3.05) is 26.4 Å². The number of aliphatic hydroxyl groups is 6.